The molecular weight excluding hydrogens is 338 g/mol. The number of para-hydroxylation sites is 2. The topological polar surface area (TPSA) is 44.8 Å². The van der Waals surface area contributed by atoms with Crippen molar-refractivity contribution in [1.29, 1.82) is 0 Å². The lowest BCUT2D eigenvalue weighted by Crippen LogP contribution is -2.47. The summed E-state index contributed by atoms with van der Waals surface area (Å²) in [7, 11) is 1.73. The van der Waals surface area contributed by atoms with E-state index in [0.29, 0.717) is 12.6 Å². The maximum atomic E-state index is 11.0. The largest absolute Gasteiger partial charge is 0.495 e. The molecule has 1 aliphatic rings. The van der Waals surface area contributed by atoms with Gasteiger partial charge >= 0.3 is 0 Å². The van der Waals surface area contributed by atoms with Crippen LogP contribution in [0.15, 0.2) is 48.5 Å². The van der Waals surface area contributed by atoms with Crippen LogP contribution in [-0.2, 0) is 11.3 Å². The van der Waals surface area contributed by atoms with E-state index in [1.54, 1.807) is 14.0 Å². The third-order valence-corrected chi connectivity index (χ3v) is 5.29. The molecule has 0 aliphatic carbocycles. The highest BCUT2D eigenvalue weighted by atomic mass is 16.5. The minimum absolute atomic E-state index is 0.000335. The van der Waals surface area contributed by atoms with Crippen molar-refractivity contribution in [1.82, 2.24) is 10.2 Å². The van der Waals surface area contributed by atoms with E-state index in [0.717, 1.165) is 37.5 Å². The summed E-state index contributed by atoms with van der Waals surface area (Å²) < 4.78 is 5.51. The molecule has 3 rings (SSSR count). The van der Waals surface area contributed by atoms with Crippen LogP contribution in [0.5, 0.6) is 5.75 Å². The molecule has 0 spiro atoms. The molecule has 0 bridgehead atoms. The number of piperazine rings is 1. The number of methoxy groups -OCH3 is 1. The van der Waals surface area contributed by atoms with Crippen LogP contribution < -0.4 is 15.0 Å². The van der Waals surface area contributed by atoms with E-state index in [-0.39, 0.29) is 5.91 Å². The summed E-state index contributed by atoms with van der Waals surface area (Å²) in [5, 5.41) is 2.84. The van der Waals surface area contributed by atoms with Gasteiger partial charge in [-0.15, -0.1) is 0 Å². The molecule has 2 aromatic carbocycles. The Morgan fingerprint density at radius 3 is 2.37 bits per heavy atom. The number of benzene rings is 2. The molecule has 2 aromatic rings. The van der Waals surface area contributed by atoms with Crippen LogP contribution >= 0.6 is 0 Å². The molecule has 1 N–H and O–H groups in total. The Balaban J connectivity index is 1.58. The maximum absolute atomic E-state index is 11.0. The number of carbonyl (C=O) groups excluding carboxylic acids is 1. The Kier molecular flexibility index (Phi) is 6.35. The van der Waals surface area contributed by atoms with Gasteiger partial charge in [0.15, 0.2) is 0 Å². The van der Waals surface area contributed by atoms with Crippen molar-refractivity contribution in [2.45, 2.75) is 26.4 Å². The number of ether oxygens (including phenoxy) is 1. The van der Waals surface area contributed by atoms with Gasteiger partial charge in [-0.1, -0.05) is 36.4 Å². The summed E-state index contributed by atoms with van der Waals surface area (Å²) >= 11 is 0. The second kappa shape index (κ2) is 8.91. The molecule has 1 saturated heterocycles. The lowest BCUT2D eigenvalue weighted by Gasteiger charge is -2.39. The maximum Gasteiger partial charge on any atom is 0.217 e. The quantitative estimate of drug-likeness (QED) is 0.852. The first-order valence-corrected chi connectivity index (χ1v) is 9.54. The summed E-state index contributed by atoms with van der Waals surface area (Å²) in [6.45, 7) is 8.42. The van der Waals surface area contributed by atoms with Crippen LogP contribution in [0.4, 0.5) is 5.69 Å². The Bertz CT molecular complexity index is 752. The van der Waals surface area contributed by atoms with Crippen LogP contribution in [0.3, 0.4) is 0 Å². The highest BCUT2D eigenvalue weighted by Crippen LogP contribution is 2.30. The molecule has 144 valence electrons. The SMILES string of the molecule is COc1ccccc1N1CCN(C(C)c2ccc(CNC(C)=O)cc2)CC1. The molecule has 0 saturated carbocycles. The predicted molar refractivity (Wildman–Crippen MR) is 109 cm³/mol. The standard InChI is InChI=1S/C22H29N3O2/c1-17(20-10-8-19(9-11-20)16-23-18(2)26)24-12-14-25(15-13-24)21-6-4-5-7-22(21)27-3/h4-11,17H,12-16H2,1-3H3,(H,23,26). The lowest BCUT2D eigenvalue weighted by atomic mass is 10.0. The molecular formula is C22H29N3O2. The van der Waals surface area contributed by atoms with E-state index in [2.05, 4.69) is 58.4 Å². The average molecular weight is 367 g/mol. The van der Waals surface area contributed by atoms with Crippen molar-refractivity contribution in [3.63, 3.8) is 0 Å². The van der Waals surface area contributed by atoms with Crippen molar-refractivity contribution >= 4 is 11.6 Å². The number of hydrogen-bond acceptors (Lipinski definition) is 4. The van der Waals surface area contributed by atoms with Crippen LogP contribution in [0, 0.1) is 0 Å². The van der Waals surface area contributed by atoms with E-state index in [1.165, 1.54) is 11.3 Å². The summed E-state index contributed by atoms with van der Waals surface area (Å²) in [6.07, 6.45) is 0. The van der Waals surface area contributed by atoms with Crippen LogP contribution in [0.25, 0.3) is 0 Å². The molecule has 1 fully saturated rings. The van der Waals surface area contributed by atoms with Gasteiger partial charge in [-0.2, -0.15) is 0 Å². The third kappa shape index (κ3) is 4.80. The van der Waals surface area contributed by atoms with E-state index in [9.17, 15) is 4.79 Å². The summed E-state index contributed by atoms with van der Waals surface area (Å²) in [6, 6.07) is 17.2. The summed E-state index contributed by atoms with van der Waals surface area (Å²) in [5.74, 6) is 0.939. The van der Waals surface area contributed by atoms with Crippen LogP contribution in [0.2, 0.25) is 0 Å². The van der Waals surface area contributed by atoms with Crippen molar-refractivity contribution in [2.75, 3.05) is 38.2 Å². The van der Waals surface area contributed by atoms with Crippen LogP contribution in [-0.4, -0.2) is 44.1 Å². The molecule has 27 heavy (non-hydrogen) atoms. The Labute approximate surface area is 161 Å². The van der Waals surface area contributed by atoms with Crippen molar-refractivity contribution in [3.05, 3.63) is 59.7 Å². The van der Waals surface area contributed by atoms with Gasteiger partial charge in [-0.3, -0.25) is 9.69 Å². The number of hydrogen-bond donors (Lipinski definition) is 1. The summed E-state index contributed by atoms with van der Waals surface area (Å²) in [5.41, 5.74) is 3.61. The van der Waals surface area contributed by atoms with Gasteiger partial charge in [0.25, 0.3) is 0 Å². The number of anilines is 1. The minimum Gasteiger partial charge on any atom is -0.495 e. The second-order valence-corrected chi connectivity index (χ2v) is 7.02. The molecule has 1 amide bonds. The third-order valence-electron chi connectivity index (χ3n) is 5.29. The summed E-state index contributed by atoms with van der Waals surface area (Å²) in [4.78, 5) is 16.0. The first-order valence-electron chi connectivity index (χ1n) is 9.54. The normalized spacial score (nSPS) is 16.0. The molecule has 1 unspecified atom stereocenters. The minimum atomic E-state index is 0.000335. The number of amides is 1. The highest BCUT2D eigenvalue weighted by Gasteiger charge is 2.23. The monoisotopic (exact) mass is 367 g/mol. The molecule has 1 heterocycles. The lowest BCUT2D eigenvalue weighted by molar-refractivity contribution is -0.119. The molecule has 5 nitrogen and oxygen atoms in total. The van der Waals surface area contributed by atoms with E-state index >= 15 is 0 Å². The molecule has 1 aliphatic heterocycles. The zero-order chi connectivity index (χ0) is 19.2. The first-order chi connectivity index (χ1) is 13.1. The van der Waals surface area contributed by atoms with Gasteiger partial charge < -0.3 is 15.0 Å². The fraction of sp³-hybridized carbons (Fsp3) is 0.409. The molecule has 0 aromatic heterocycles. The van der Waals surface area contributed by atoms with E-state index in [4.69, 9.17) is 4.74 Å². The Morgan fingerprint density at radius 1 is 1.07 bits per heavy atom. The van der Waals surface area contributed by atoms with Gasteiger partial charge in [0.1, 0.15) is 5.75 Å². The van der Waals surface area contributed by atoms with Crippen molar-refractivity contribution in [2.24, 2.45) is 0 Å². The van der Waals surface area contributed by atoms with Gasteiger partial charge in [-0.05, 0) is 30.2 Å². The van der Waals surface area contributed by atoms with Gasteiger partial charge in [0.05, 0.1) is 12.8 Å². The fourth-order valence-corrected chi connectivity index (χ4v) is 3.59. The molecule has 1 atom stereocenters. The second-order valence-electron chi connectivity index (χ2n) is 7.02. The van der Waals surface area contributed by atoms with Crippen LogP contribution in [0.1, 0.15) is 31.0 Å². The zero-order valence-corrected chi connectivity index (χ0v) is 16.4. The highest BCUT2D eigenvalue weighted by molar-refractivity contribution is 5.72. The Morgan fingerprint density at radius 2 is 1.74 bits per heavy atom. The first kappa shape index (κ1) is 19.2. The Hall–Kier alpha value is -2.53. The number of carbonyl (C=O) groups is 1. The van der Waals surface area contributed by atoms with Crippen molar-refractivity contribution < 1.29 is 9.53 Å². The number of rotatable bonds is 6. The molecule has 0 radical (unpaired) electrons. The van der Waals surface area contributed by atoms with Crippen molar-refractivity contribution in [3.8, 4) is 5.75 Å². The zero-order valence-electron chi connectivity index (χ0n) is 16.4. The van der Waals surface area contributed by atoms with Gasteiger partial charge in [0.2, 0.25) is 5.91 Å². The number of nitrogens with one attached hydrogen (secondary N) is 1. The van der Waals surface area contributed by atoms with E-state index in [1.807, 2.05) is 12.1 Å². The van der Waals surface area contributed by atoms with Gasteiger partial charge in [-0.25, -0.2) is 0 Å². The number of nitrogens with zero attached hydrogens (tertiary/aromatic N) is 2. The van der Waals surface area contributed by atoms with E-state index < -0.39 is 0 Å². The smallest absolute Gasteiger partial charge is 0.217 e. The average Bonchev–Trinajstić information content (AvgIpc) is 2.72. The fourth-order valence-electron chi connectivity index (χ4n) is 3.59. The predicted octanol–water partition coefficient (Wildman–Crippen LogP) is 3.21. The molecule has 5 heteroatoms. The van der Waals surface area contributed by atoms with Gasteiger partial charge in [0, 0.05) is 45.7 Å².